The van der Waals surface area contributed by atoms with Crippen molar-refractivity contribution in [3.05, 3.63) is 11.1 Å². The van der Waals surface area contributed by atoms with Gasteiger partial charge in [-0.05, 0) is 12.8 Å². The molecule has 0 unspecified atom stereocenters. The van der Waals surface area contributed by atoms with E-state index in [1.807, 2.05) is 13.8 Å². The van der Waals surface area contributed by atoms with Gasteiger partial charge < -0.3 is 9.47 Å². The first-order valence-electron chi connectivity index (χ1n) is 5.00. The van der Waals surface area contributed by atoms with E-state index in [1.54, 1.807) is 0 Å². The minimum absolute atomic E-state index is 0.403. The summed E-state index contributed by atoms with van der Waals surface area (Å²) >= 11 is 0. The second-order valence-electron chi connectivity index (χ2n) is 3.52. The Labute approximate surface area is 89.2 Å². The molecule has 0 atom stereocenters. The van der Waals surface area contributed by atoms with Crippen LogP contribution in [0.25, 0.3) is 0 Å². The third kappa shape index (κ3) is 1.54. The van der Waals surface area contributed by atoms with Crippen molar-refractivity contribution in [3.8, 4) is 0 Å². The highest BCUT2D eigenvalue weighted by molar-refractivity contribution is 6.11. The van der Waals surface area contributed by atoms with Gasteiger partial charge >= 0.3 is 11.9 Å². The molecule has 0 bridgehead atoms. The summed E-state index contributed by atoms with van der Waals surface area (Å²) in [5.41, 5.74) is 0.573. The van der Waals surface area contributed by atoms with E-state index < -0.39 is 17.4 Å². The average molecular weight is 212 g/mol. The van der Waals surface area contributed by atoms with Gasteiger partial charge in [0.05, 0.1) is 25.4 Å². The lowest BCUT2D eigenvalue weighted by Gasteiger charge is -2.13. The molecule has 1 rings (SSSR count). The van der Waals surface area contributed by atoms with Crippen LogP contribution in [-0.2, 0) is 19.1 Å². The van der Waals surface area contributed by atoms with Crippen LogP contribution in [0.4, 0.5) is 0 Å². The van der Waals surface area contributed by atoms with Gasteiger partial charge in [0.2, 0.25) is 0 Å². The first-order chi connectivity index (χ1) is 7.08. The highest BCUT2D eigenvalue weighted by Gasteiger charge is 2.58. The Morgan fingerprint density at radius 3 is 1.53 bits per heavy atom. The van der Waals surface area contributed by atoms with Crippen molar-refractivity contribution < 1.29 is 19.1 Å². The summed E-state index contributed by atoms with van der Waals surface area (Å²) < 4.78 is 9.31. The molecule has 0 aromatic rings. The highest BCUT2D eigenvalue weighted by Crippen LogP contribution is 2.58. The Bertz CT molecular complexity index is 295. The second kappa shape index (κ2) is 4.04. The fraction of sp³-hybridized carbons (Fsp3) is 0.636. The van der Waals surface area contributed by atoms with Crippen molar-refractivity contribution in [2.45, 2.75) is 26.7 Å². The van der Waals surface area contributed by atoms with E-state index in [0.717, 1.165) is 12.8 Å². The quantitative estimate of drug-likeness (QED) is 0.662. The molecular weight excluding hydrogens is 196 g/mol. The van der Waals surface area contributed by atoms with Crippen LogP contribution in [0.1, 0.15) is 26.7 Å². The monoisotopic (exact) mass is 212 g/mol. The summed E-state index contributed by atoms with van der Waals surface area (Å²) in [6.07, 6.45) is 1.44. The predicted octanol–water partition coefficient (Wildman–Crippen LogP) is 1.45. The van der Waals surface area contributed by atoms with Gasteiger partial charge in [-0.15, -0.1) is 0 Å². The van der Waals surface area contributed by atoms with Gasteiger partial charge in [0.15, 0.2) is 0 Å². The fourth-order valence-electron chi connectivity index (χ4n) is 2.12. The van der Waals surface area contributed by atoms with Gasteiger partial charge in [-0.3, -0.25) is 0 Å². The number of carbonyl (C=O) groups excluding carboxylic acids is 2. The third-order valence-corrected chi connectivity index (χ3v) is 3.13. The van der Waals surface area contributed by atoms with Crippen LogP contribution in [0.2, 0.25) is 0 Å². The van der Waals surface area contributed by atoms with Crippen LogP contribution in [0, 0.1) is 5.41 Å². The molecule has 0 radical (unpaired) electrons. The maximum Gasteiger partial charge on any atom is 0.335 e. The molecule has 0 aromatic carbocycles. The third-order valence-electron chi connectivity index (χ3n) is 3.13. The molecule has 1 aliphatic rings. The normalized spacial score (nSPS) is 17.3. The van der Waals surface area contributed by atoms with Crippen LogP contribution >= 0.6 is 0 Å². The lowest BCUT2D eigenvalue weighted by Crippen LogP contribution is -2.13. The van der Waals surface area contributed by atoms with Crippen molar-refractivity contribution >= 4 is 11.9 Å². The van der Waals surface area contributed by atoms with E-state index in [4.69, 9.17) is 0 Å². The van der Waals surface area contributed by atoms with Gasteiger partial charge in [-0.25, -0.2) is 9.59 Å². The molecule has 0 spiro atoms. The Morgan fingerprint density at radius 2 is 1.33 bits per heavy atom. The molecule has 0 amide bonds. The Hall–Kier alpha value is -1.32. The molecule has 84 valence electrons. The molecule has 0 saturated carbocycles. The summed E-state index contributed by atoms with van der Waals surface area (Å²) in [6, 6.07) is 0. The lowest BCUT2D eigenvalue weighted by molar-refractivity contribution is -0.137. The summed E-state index contributed by atoms with van der Waals surface area (Å²) in [5, 5.41) is 0. The van der Waals surface area contributed by atoms with Gasteiger partial charge in [0.25, 0.3) is 0 Å². The number of hydrogen-bond donors (Lipinski definition) is 0. The standard InChI is InChI=1S/C11H16O4/c1-5-11(6-2)7(9(12)14-3)8(11)10(13)15-4/h5-6H2,1-4H3. The Balaban J connectivity index is 3.01. The minimum Gasteiger partial charge on any atom is -0.466 e. The molecule has 0 heterocycles. The molecule has 0 saturated heterocycles. The van der Waals surface area contributed by atoms with Gasteiger partial charge in [0.1, 0.15) is 0 Å². The second-order valence-corrected chi connectivity index (χ2v) is 3.52. The minimum atomic E-state index is -0.418. The molecule has 0 aromatic heterocycles. The van der Waals surface area contributed by atoms with E-state index in [-0.39, 0.29) is 0 Å². The van der Waals surface area contributed by atoms with Crippen LogP contribution in [0.3, 0.4) is 0 Å². The molecule has 4 heteroatoms. The molecule has 15 heavy (non-hydrogen) atoms. The molecule has 4 nitrogen and oxygen atoms in total. The maximum absolute atomic E-state index is 11.5. The van der Waals surface area contributed by atoms with E-state index in [2.05, 4.69) is 9.47 Å². The van der Waals surface area contributed by atoms with Gasteiger partial charge in [-0.1, -0.05) is 13.8 Å². The number of methoxy groups -OCH3 is 2. The van der Waals surface area contributed by atoms with E-state index >= 15 is 0 Å². The van der Waals surface area contributed by atoms with E-state index in [9.17, 15) is 9.59 Å². The largest absolute Gasteiger partial charge is 0.466 e. The van der Waals surface area contributed by atoms with Crippen molar-refractivity contribution in [1.29, 1.82) is 0 Å². The fourth-order valence-corrected chi connectivity index (χ4v) is 2.12. The smallest absolute Gasteiger partial charge is 0.335 e. The summed E-state index contributed by atoms with van der Waals surface area (Å²) in [6.45, 7) is 3.89. The van der Waals surface area contributed by atoms with E-state index in [1.165, 1.54) is 14.2 Å². The summed E-state index contributed by atoms with van der Waals surface area (Å²) in [4.78, 5) is 22.9. The van der Waals surface area contributed by atoms with Crippen LogP contribution in [-0.4, -0.2) is 26.2 Å². The number of esters is 2. The number of rotatable bonds is 4. The molecular formula is C11H16O4. The predicted molar refractivity (Wildman–Crippen MR) is 54.1 cm³/mol. The van der Waals surface area contributed by atoms with Crippen molar-refractivity contribution in [2.24, 2.45) is 5.41 Å². The zero-order chi connectivity index (χ0) is 11.6. The lowest BCUT2D eigenvalue weighted by atomic mass is 9.91. The summed E-state index contributed by atoms with van der Waals surface area (Å²) in [7, 11) is 2.64. The number of ether oxygens (including phenoxy) is 2. The number of carbonyl (C=O) groups is 2. The van der Waals surface area contributed by atoms with Crippen molar-refractivity contribution in [3.63, 3.8) is 0 Å². The SMILES string of the molecule is CCC1(CC)C(C(=O)OC)=C1C(=O)OC. The van der Waals surface area contributed by atoms with Crippen molar-refractivity contribution in [1.82, 2.24) is 0 Å². The maximum atomic E-state index is 11.5. The average Bonchev–Trinajstić information content (AvgIpc) is 2.96. The van der Waals surface area contributed by atoms with Gasteiger partial charge in [-0.2, -0.15) is 0 Å². The molecule has 0 fully saturated rings. The van der Waals surface area contributed by atoms with Crippen molar-refractivity contribution in [2.75, 3.05) is 14.2 Å². The molecule has 0 aliphatic heterocycles. The van der Waals surface area contributed by atoms with Crippen LogP contribution in [0.5, 0.6) is 0 Å². The summed E-state index contributed by atoms with van der Waals surface area (Å²) in [5.74, 6) is -0.835. The van der Waals surface area contributed by atoms with Crippen LogP contribution in [0.15, 0.2) is 11.1 Å². The number of hydrogen-bond acceptors (Lipinski definition) is 4. The van der Waals surface area contributed by atoms with Crippen LogP contribution < -0.4 is 0 Å². The van der Waals surface area contributed by atoms with Gasteiger partial charge in [0, 0.05) is 5.41 Å². The Kier molecular flexibility index (Phi) is 3.17. The zero-order valence-electron chi connectivity index (χ0n) is 9.55. The highest BCUT2D eigenvalue weighted by atomic mass is 16.5. The Morgan fingerprint density at radius 1 is 1.00 bits per heavy atom. The molecule has 1 aliphatic carbocycles. The molecule has 0 N–H and O–H groups in total. The van der Waals surface area contributed by atoms with E-state index in [0.29, 0.717) is 11.1 Å². The zero-order valence-corrected chi connectivity index (χ0v) is 9.55. The first-order valence-corrected chi connectivity index (χ1v) is 5.00. The first kappa shape index (κ1) is 11.8. The topological polar surface area (TPSA) is 52.6 Å².